The van der Waals surface area contributed by atoms with E-state index >= 15 is 0 Å². The molecule has 0 atom stereocenters. The van der Waals surface area contributed by atoms with Crippen LogP contribution in [-0.2, 0) is 11.2 Å². The molecule has 0 saturated carbocycles. The third kappa shape index (κ3) is 2.90. The van der Waals surface area contributed by atoms with Crippen LogP contribution < -0.4 is 10.6 Å². The zero-order valence-corrected chi connectivity index (χ0v) is 11.2. The summed E-state index contributed by atoms with van der Waals surface area (Å²) in [4.78, 5) is 21.8. The number of amides is 1. The Labute approximate surface area is 111 Å². The number of anilines is 1. The van der Waals surface area contributed by atoms with E-state index in [-0.39, 0.29) is 11.8 Å². The quantitative estimate of drug-likeness (QED) is 0.841. The summed E-state index contributed by atoms with van der Waals surface area (Å²) in [6, 6.07) is 1.77. The monoisotopic (exact) mass is 268 g/mol. The zero-order valence-electron chi connectivity index (χ0n) is 10.4. The molecular formula is C12H17ClN4O. The molecule has 1 aliphatic rings. The van der Waals surface area contributed by atoms with Crippen molar-refractivity contribution in [2.24, 2.45) is 11.7 Å². The highest BCUT2D eigenvalue weighted by atomic mass is 35.5. The first kappa shape index (κ1) is 13.1. The average Bonchev–Trinajstić information content (AvgIpc) is 2.38. The topological polar surface area (TPSA) is 72.1 Å². The molecule has 0 unspecified atom stereocenters. The SMILES string of the molecule is CCc1nc(Cl)cc(N2CCC(C(N)=O)CC2)n1. The van der Waals surface area contributed by atoms with Gasteiger partial charge in [-0.15, -0.1) is 0 Å². The van der Waals surface area contributed by atoms with E-state index in [1.165, 1.54) is 0 Å². The highest BCUT2D eigenvalue weighted by Gasteiger charge is 2.24. The van der Waals surface area contributed by atoms with Crippen LogP contribution in [0.25, 0.3) is 0 Å². The minimum absolute atomic E-state index is 0.01000. The molecule has 1 aliphatic heterocycles. The molecule has 1 saturated heterocycles. The lowest BCUT2D eigenvalue weighted by molar-refractivity contribution is -0.122. The second kappa shape index (κ2) is 5.52. The number of hydrogen-bond acceptors (Lipinski definition) is 4. The van der Waals surface area contributed by atoms with Gasteiger partial charge in [0.2, 0.25) is 5.91 Å². The van der Waals surface area contributed by atoms with Crippen molar-refractivity contribution in [2.75, 3.05) is 18.0 Å². The summed E-state index contributed by atoms with van der Waals surface area (Å²) in [5.74, 6) is 1.37. The van der Waals surface area contributed by atoms with E-state index in [2.05, 4.69) is 14.9 Å². The number of carbonyl (C=O) groups is 1. The number of halogens is 1. The molecule has 6 heteroatoms. The fraction of sp³-hybridized carbons (Fsp3) is 0.583. The van der Waals surface area contributed by atoms with Crippen LogP contribution in [0.3, 0.4) is 0 Å². The first-order valence-corrected chi connectivity index (χ1v) is 6.55. The Balaban J connectivity index is 2.09. The molecular weight excluding hydrogens is 252 g/mol. The molecule has 5 nitrogen and oxygen atoms in total. The second-order valence-corrected chi connectivity index (χ2v) is 4.87. The highest BCUT2D eigenvalue weighted by Crippen LogP contribution is 2.23. The molecule has 0 aromatic carbocycles. The lowest BCUT2D eigenvalue weighted by Gasteiger charge is -2.31. The predicted molar refractivity (Wildman–Crippen MR) is 70.6 cm³/mol. The minimum Gasteiger partial charge on any atom is -0.369 e. The summed E-state index contributed by atoms with van der Waals surface area (Å²) in [5.41, 5.74) is 5.32. The molecule has 1 amide bonds. The van der Waals surface area contributed by atoms with Gasteiger partial charge in [-0.3, -0.25) is 4.79 Å². The lowest BCUT2D eigenvalue weighted by Crippen LogP contribution is -2.39. The highest BCUT2D eigenvalue weighted by molar-refractivity contribution is 6.29. The Morgan fingerprint density at radius 3 is 2.72 bits per heavy atom. The van der Waals surface area contributed by atoms with Crippen LogP contribution in [0.1, 0.15) is 25.6 Å². The van der Waals surface area contributed by atoms with Gasteiger partial charge in [0.25, 0.3) is 0 Å². The van der Waals surface area contributed by atoms with E-state index in [9.17, 15) is 4.79 Å². The van der Waals surface area contributed by atoms with E-state index < -0.39 is 0 Å². The maximum absolute atomic E-state index is 11.1. The van der Waals surface area contributed by atoms with Crippen LogP contribution >= 0.6 is 11.6 Å². The molecule has 0 spiro atoms. The summed E-state index contributed by atoms with van der Waals surface area (Å²) in [7, 11) is 0. The Bertz CT molecular complexity index is 444. The number of aromatic nitrogens is 2. The minimum atomic E-state index is -0.204. The number of primary amides is 1. The standard InChI is InChI=1S/C12H17ClN4O/c1-2-10-15-9(13)7-11(16-10)17-5-3-8(4-6-17)12(14)18/h7-8H,2-6H2,1H3,(H2,14,18). The molecule has 18 heavy (non-hydrogen) atoms. The van der Waals surface area contributed by atoms with E-state index in [0.29, 0.717) is 5.15 Å². The molecule has 98 valence electrons. The Hall–Kier alpha value is -1.36. The molecule has 2 N–H and O–H groups in total. The lowest BCUT2D eigenvalue weighted by atomic mass is 9.96. The Kier molecular flexibility index (Phi) is 4.01. The first-order valence-electron chi connectivity index (χ1n) is 6.18. The Morgan fingerprint density at radius 1 is 1.50 bits per heavy atom. The molecule has 0 radical (unpaired) electrons. The van der Waals surface area contributed by atoms with Crippen molar-refractivity contribution in [3.05, 3.63) is 17.0 Å². The van der Waals surface area contributed by atoms with Crippen molar-refractivity contribution in [2.45, 2.75) is 26.2 Å². The van der Waals surface area contributed by atoms with Crippen LogP contribution in [0, 0.1) is 5.92 Å². The number of hydrogen-bond donors (Lipinski definition) is 1. The van der Waals surface area contributed by atoms with Gasteiger partial charge < -0.3 is 10.6 Å². The van der Waals surface area contributed by atoms with Crippen molar-refractivity contribution in [3.8, 4) is 0 Å². The van der Waals surface area contributed by atoms with E-state index in [1.54, 1.807) is 6.07 Å². The molecule has 1 aromatic heterocycles. The van der Waals surface area contributed by atoms with E-state index in [4.69, 9.17) is 17.3 Å². The third-order valence-corrected chi connectivity index (χ3v) is 3.46. The van der Waals surface area contributed by atoms with Gasteiger partial charge in [0.05, 0.1) is 0 Å². The first-order chi connectivity index (χ1) is 8.60. The van der Waals surface area contributed by atoms with Crippen LogP contribution in [0.15, 0.2) is 6.07 Å². The number of nitrogens with zero attached hydrogens (tertiary/aromatic N) is 3. The van der Waals surface area contributed by atoms with Crippen molar-refractivity contribution < 1.29 is 4.79 Å². The predicted octanol–water partition coefficient (Wildman–Crippen LogP) is 1.39. The van der Waals surface area contributed by atoms with Crippen LogP contribution in [0.4, 0.5) is 5.82 Å². The maximum atomic E-state index is 11.1. The molecule has 1 fully saturated rings. The van der Waals surface area contributed by atoms with Gasteiger partial charge in [0, 0.05) is 31.5 Å². The van der Waals surface area contributed by atoms with Crippen molar-refractivity contribution in [3.63, 3.8) is 0 Å². The molecule has 2 rings (SSSR count). The number of nitrogens with two attached hydrogens (primary N) is 1. The second-order valence-electron chi connectivity index (χ2n) is 4.48. The van der Waals surface area contributed by atoms with Crippen LogP contribution in [0.5, 0.6) is 0 Å². The van der Waals surface area contributed by atoms with Gasteiger partial charge >= 0.3 is 0 Å². The smallest absolute Gasteiger partial charge is 0.220 e. The summed E-state index contributed by atoms with van der Waals surface area (Å²) >= 11 is 5.98. The number of aryl methyl sites for hydroxylation is 1. The fourth-order valence-corrected chi connectivity index (χ4v) is 2.36. The van der Waals surface area contributed by atoms with Crippen LogP contribution in [-0.4, -0.2) is 29.0 Å². The molecule has 0 bridgehead atoms. The van der Waals surface area contributed by atoms with Gasteiger partial charge in [0.15, 0.2) is 0 Å². The van der Waals surface area contributed by atoms with Crippen molar-refractivity contribution in [1.82, 2.24) is 9.97 Å². The molecule has 0 aliphatic carbocycles. The van der Waals surface area contributed by atoms with E-state index in [1.807, 2.05) is 6.92 Å². The number of piperidine rings is 1. The molecule has 1 aromatic rings. The van der Waals surface area contributed by atoms with Gasteiger partial charge in [-0.2, -0.15) is 0 Å². The Morgan fingerprint density at radius 2 is 2.17 bits per heavy atom. The summed E-state index contributed by atoms with van der Waals surface area (Å²) < 4.78 is 0. The largest absolute Gasteiger partial charge is 0.369 e. The fourth-order valence-electron chi connectivity index (χ4n) is 2.16. The number of rotatable bonds is 3. The summed E-state index contributed by atoms with van der Waals surface area (Å²) in [6.45, 7) is 3.56. The normalized spacial score (nSPS) is 16.9. The van der Waals surface area contributed by atoms with Gasteiger partial charge in [-0.1, -0.05) is 18.5 Å². The van der Waals surface area contributed by atoms with Gasteiger partial charge in [-0.25, -0.2) is 9.97 Å². The third-order valence-electron chi connectivity index (χ3n) is 3.27. The van der Waals surface area contributed by atoms with Gasteiger partial charge in [-0.05, 0) is 12.8 Å². The van der Waals surface area contributed by atoms with Gasteiger partial charge in [0.1, 0.15) is 16.8 Å². The van der Waals surface area contributed by atoms with Crippen molar-refractivity contribution >= 4 is 23.3 Å². The van der Waals surface area contributed by atoms with Crippen molar-refractivity contribution in [1.29, 1.82) is 0 Å². The van der Waals surface area contributed by atoms with Crippen LogP contribution in [0.2, 0.25) is 5.15 Å². The zero-order chi connectivity index (χ0) is 13.1. The summed E-state index contributed by atoms with van der Waals surface area (Å²) in [6.07, 6.45) is 2.31. The molecule has 2 heterocycles. The number of carbonyl (C=O) groups excluding carboxylic acids is 1. The summed E-state index contributed by atoms with van der Waals surface area (Å²) in [5, 5.41) is 0.467. The maximum Gasteiger partial charge on any atom is 0.220 e. The van der Waals surface area contributed by atoms with E-state index in [0.717, 1.165) is 44.0 Å². The average molecular weight is 269 g/mol.